The molecule has 6 nitrogen and oxygen atoms in total. The second kappa shape index (κ2) is 8.74. The average Bonchev–Trinajstić information content (AvgIpc) is 2.44. The molecule has 0 aromatic rings. The number of nitrogens with one attached hydrogen (secondary N) is 2. The highest BCUT2D eigenvalue weighted by Crippen LogP contribution is 2.08. The van der Waals surface area contributed by atoms with Gasteiger partial charge in [-0.2, -0.15) is 0 Å². The van der Waals surface area contributed by atoms with Crippen LogP contribution in [0.5, 0.6) is 0 Å². The standard InChI is InChI=1S/C13H26N4O2/c1-11(10-19-3)16-13(14-2)15-9-12(18)17-7-5-4-6-8-17/h11H,4-10H2,1-3H3,(H2,14,15,16). The Kier molecular flexibility index (Phi) is 7.25. The summed E-state index contributed by atoms with van der Waals surface area (Å²) in [5.74, 6) is 0.775. The topological polar surface area (TPSA) is 66.0 Å². The Hall–Kier alpha value is -1.30. The van der Waals surface area contributed by atoms with Gasteiger partial charge >= 0.3 is 0 Å². The summed E-state index contributed by atoms with van der Waals surface area (Å²) in [5.41, 5.74) is 0. The van der Waals surface area contributed by atoms with Crippen molar-refractivity contribution in [1.82, 2.24) is 15.5 Å². The molecule has 0 spiro atoms. The first-order chi connectivity index (χ1) is 9.17. The summed E-state index contributed by atoms with van der Waals surface area (Å²) in [6.45, 7) is 4.65. The Morgan fingerprint density at radius 3 is 2.63 bits per heavy atom. The molecule has 1 amide bonds. The van der Waals surface area contributed by atoms with Crippen LogP contribution < -0.4 is 10.6 Å². The van der Waals surface area contributed by atoms with Crippen LogP contribution in [0, 0.1) is 0 Å². The van der Waals surface area contributed by atoms with E-state index in [2.05, 4.69) is 15.6 Å². The fourth-order valence-corrected chi connectivity index (χ4v) is 2.13. The van der Waals surface area contributed by atoms with Crippen LogP contribution in [0.25, 0.3) is 0 Å². The smallest absolute Gasteiger partial charge is 0.241 e. The molecule has 0 bridgehead atoms. The van der Waals surface area contributed by atoms with E-state index in [1.807, 2.05) is 11.8 Å². The number of rotatable bonds is 5. The number of likely N-dealkylation sites (tertiary alicyclic amines) is 1. The van der Waals surface area contributed by atoms with E-state index in [0.717, 1.165) is 25.9 Å². The first kappa shape index (κ1) is 15.8. The second-order valence-electron chi connectivity index (χ2n) is 4.87. The third kappa shape index (κ3) is 5.92. The van der Waals surface area contributed by atoms with Gasteiger partial charge in [-0.25, -0.2) is 0 Å². The van der Waals surface area contributed by atoms with Crippen LogP contribution in [0.2, 0.25) is 0 Å². The average molecular weight is 270 g/mol. The van der Waals surface area contributed by atoms with Gasteiger partial charge in [-0.05, 0) is 26.2 Å². The van der Waals surface area contributed by atoms with Gasteiger partial charge < -0.3 is 20.3 Å². The number of ether oxygens (including phenoxy) is 1. The number of carbonyl (C=O) groups excluding carboxylic acids is 1. The monoisotopic (exact) mass is 270 g/mol. The third-order valence-electron chi connectivity index (χ3n) is 3.14. The van der Waals surface area contributed by atoms with Crippen molar-refractivity contribution < 1.29 is 9.53 Å². The highest BCUT2D eigenvalue weighted by Gasteiger charge is 2.16. The Morgan fingerprint density at radius 1 is 1.37 bits per heavy atom. The summed E-state index contributed by atoms with van der Waals surface area (Å²) in [5, 5.41) is 6.22. The lowest BCUT2D eigenvalue weighted by Gasteiger charge is -2.27. The number of nitrogens with zero attached hydrogens (tertiary/aromatic N) is 2. The van der Waals surface area contributed by atoms with Gasteiger partial charge in [-0.1, -0.05) is 0 Å². The first-order valence-electron chi connectivity index (χ1n) is 6.91. The van der Waals surface area contributed by atoms with E-state index in [1.54, 1.807) is 14.2 Å². The van der Waals surface area contributed by atoms with Crippen molar-refractivity contribution in [3.63, 3.8) is 0 Å². The number of carbonyl (C=O) groups is 1. The Bertz CT molecular complexity index is 301. The van der Waals surface area contributed by atoms with Gasteiger partial charge in [0.1, 0.15) is 0 Å². The molecule has 6 heteroatoms. The van der Waals surface area contributed by atoms with Crippen molar-refractivity contribution in [2.24, 2.45) is 4.99 Å². The molecule has 1 fully saturated rings. The lowest BCUT2D eigenvalue weighted by molar-refractivity contribution is -0.130. The quantitative estimate of drug-likeness (QED) is 0.553. The van der Waals surface area contributed by atoms with Crippen LogP contribution in [0.1, 0.15) is 26.2 Å². The predicted octanol–water partition coefficient (Wildman–Crippen LogP) is 0.199. The molecule has 1 heterocycles. The van der Waals surface area contributed by atoms with Crippen molar-refractivity contribution in [1.29, 1.82) is 0 Å². The molecule has 2 N–H and O–H groups in total. The largest absolute Gasteiger partial charge is 0.383 e. The maximum absolute atomic E-state index is 12.0. The summed E-state index contributed by atoms with van der Waals surface area (Å²) in [6, 6.07) is 0.154. The maximum atomic E-state index is 12.0. The summed E-state index contributed by atoms with van der Waals surface area (Å²) in [4.78, 5) is 18.0. The minimum atomic E-state index is 0.141. The first-order valence-corrected chi connectivity index (χ1v) is 6.91. The van der Waals surface area contributed by atoms with E-state index in [-0.39, 0.29) is 11.9 Å². The van der Waals surface area contributed by atoms with Gasteiger partial charge in [0.25, 0.3) is 0 Å². The molecule has 1 aliphatic heterocycles. The van der Waals surface area contributed by atoms with Gasteiger partial charge in [-0.15, -0.1) is 0 Å². The Labute approximate surface area is 115 Å². The molecule has 0 aromatic carbocycles. The minimum absolute atomic E-state index is 0.141. The molecule has 1 saturated heterocycles. The molecule has 1 unspecified atom stereocenters. The number of amides is 1. The summed E-state index contributed by atoms with van der Waals surface area (Å²) < 4.78 is 5.05. The maximum Gasteiger partial charge on any atom is 0.241 e. The van der Waals surface area contributed by atoms with Crippen LogP contribution in [0.15, 0.2) is 4.99 Å². The van der Waals surface area contributed by atoms with Crippen LogP contribution in [-0.4, -0.2) is 63.2 Å². The zero-order chi connectivity index (χ0) is 14.1. The molecule has 1 rings (SSSR count). The molecule has 110 valence electrons. The van der Waals surface area contributed by atoms with Gasteiger partial charge in [0.15, 0.2) is 5.96 Å². The van der Waals surface area contributed by atoms with Crippen LogP contribution in [0.4, 0.5) is 0 Å². The van der Waals surface area contributed by atoms with Crippen molar-refractivity contribution in [3.8, 4) is 0 Å². The second-order valence-corrected chi connectivity index (χ2v) is 4.87. The van der Waals surface area contributed by atoms with E-state index in [9.17, 15) is 4.79 Å². The van der Waals surface area contributed by atoms with E-state index in [1.165, 1.54) is 6.42 Å². The lowest BCUT2D eigenvalue weighted by Crippen LogP contribution is -2.48. The highest BCUT2D eigenvalue weighted by atomic mass is 16.5. The SMILES string of the molecule is CN=C(NCC(=O)N1CCCCC1)NC(C)COC. The Morgan fingerprint density at radius 2 is 2.05 bits per heavy atom. The highest BCUT2D eigenvalue weighted by molar-refractivity contribution is 5.86. The molecule has 0 aromatic heterocycles. The summed E-state index contributed by atoms with van der Waals surface area (Å²) >= 11 is 0. The van der Waals surface area contributed by atoms with E-state index in [0.29, 0.717) is 19.1 Å². The van der Waals surface area contributed by atoms with Gasteiger partial charge in [-0.3, -0.25) is 9.79 Å². The number of guanidine groups is 1. The zero-order valence-electron chi connectivity index (χ0n) is 12.2. The Balaban J connectivity index is 2.30. The summed E-state index contributed by atoms with van der Waals surface area (Å²) in [6.07, 6.45) is 3.46. The van der Waals surface area contributed by atoms with Crippen LogP contribution in [0.3, 0.4) is 0 Å². The van der Waals surface area contributed by atoms with Gasteiger partial charge in [0, 0.05) is 33.3 Å². The molecule has 0 radical (unpaired) electrons. The number of hydrogen-bond donors (Lipinski definition) is 2. The summed E-state index contributed by atoms with van der Waals surface area (Å²) in [7, 11) is 3.36. The minimum Gasteiger partial charge on any atom is -0.383 e. The molecule has 1 aliphatic rings. The van der Waals surface area contributed by atoms with E-state index >= 15 is 0 Å². The molecular formula is C13H26N4O2. The third-order valence-corrected chi connectivity index (χ3v) is 3.14. The van der Waals surface area contributed by atoms with Crippen molar-refractivity contribution in [2.75, 3.05) is 40.4 Å². The fraction of sp³-hybridized carbons (Fsp3) is 0.846. The van der Waals surface area contributed by atoms with Crippen molar-refractivity contribution in [2.45, 2.75) is 32.2 Å². The number of aliphatic imine (C=N–C) groups is 1. The number of methoxy groups -OCH3 is 1. The fourth-order valence-electron chi connectivity index (χ4n) is 2.13. The molecule has 0 aliphatic carbocycles. The molecule has 1 atom stereocenters. The van der Waals surface area contributed by atoms with Crippen molar-refractivity contribution >= 4 is 11.9 Å². The molecule has 19 heavy (non-hydrogen) atoms. The normalized spacial score (nSPS) is 18.1. The van der Waals surface area contributed by atoms with Crippen molar-refractivity contribution in [3.05, 3.63) is 0 Å². The van der Waals surface area contributed by atoms with Crippen LogP contribution >= 0.6 is 0 Å². The zero-order valence-corrected chi connectivity index (χ0v) is 12.2. The van der Waals surface area contributed by atoms with Crippen LogP contribution in [-0.2, 0) is 9.53 Å². The van der Waals surface area contributed by atoms with E-state index < -0.39 is 0 Å². The molecular weight excluding hydrogens is 244 g/mol. The predicted molar refractivity (Wildman–Crippen MR) is 76.3 cm³/mol. The van der Waals surface area contributed by atoms with Gasteiger partial charge in [0.05, 0.1) is 13.2 Å². The number of piperidine rings is 1. The molecule has 0 saturated carbocycles. The number of hydrogen-bond acceptors (Lipinski definition) is 3. The van der Waals surface area contributed by atoms with Gasteiger partial charge in [0.2, 0.25) is 5.91 Å². The lowest BCUT2D eigenvalue weighted by atomic mass is 10.1. The van der Waals surface area contributed by atoms with E-state index in [4.69, 9.17) is 4.74 Å².